The Morgan fingerprint density at radius 2 is 1.79 bits per heavy atom. The molecule has 0 amide bonds. The maximum Gasteiger partial charge on any atom is 0.0246 e. The highest BCUT2D eigenvalue weighted by Crippen LogP contribution is 2.36. The molecule has 0 spiro atoms. The van der Waals surface area contributed by atoms with E-state index in [1.807, 2.05) is 7.05 Å². The summed E-state index contributed by atoms with van der Waals surface area (Å²) < 4.78 is 0. The molecule has 1 aliphatic rings. The molecule has 1 aliphatic carbocycles. The predicted molar refractivity (Wildman–Crippen MR) is 62.6 cm³/mol. The van der Waals surface area contributed by atoms with E-state index in [-0.39, 0.29) is 5.54 Å². The number of hydrogen-bond acceptors (Lipinski definition) is 2. The molecule has 2 N–H and O–H groups in total. The average Bonchev–Trinajstić information content (AvgIpc) is 2.52. The van der Waals surface area contributed by atoms with Gasteiger partial charge in [0.1, 0.15) is 0 Å². The van der Waals surface area contributed by atoms with Crippen LogP contribution in [0.1, 0.15) is 46.5 Å². The minimum absolute atomic E-state index is 0.217. The van der Waals surface area contributed by atoms with Crippen molar-refractivity contribution in [2.75, 3.05) is 20.1 Å². The van der Waals surface area contributed by atoms with E-state index in [0.29, 0.717) is 5.41 Å². The van der Waals surface area contributed by atoms with Crippen molar-refractivity contribution in [2.24, 2.45) is 5.41 Å². The van der Waals surface area contributed by atoms with E-state index < -0.39 is 0 Å². The lowest BCUT2D eigenvalue weighted by Crippen LogP contribution is -2.47. The van der Waals surface area contributed by atoms with Crippen LogP contribution >= 0.6 is 0 Å². The Labute approximate surface area is 88.8 Å². The van der Waals surface area contributed by atoms with Crippen LogP contribution in [0.3, 0.4) is 0 Å². The van der Waals surface area contributed by atoms with Crippen LogP contribution in [0.15, 0.2) is 0 Å². The minimum atomic E-state index is 0.217. The zero-order valence-electron chi connectivity index (χ0n) is 10.2. The maximum atomic E-state index is 3.60. The molecular weight excluding hydrogens is 172 g/mol. The first kappa shape index (κ1) is 12.0. The Balaban J connectivity index is 2.20. The van der Waals surface area contributed by atoms with Crippen LogP contribution in [-0.2, 0) is 0 Å². The van der Waals surface area contributed by atoms with Gasteiger partial charge in [-0.2, -0.15) is 0 Å². The van der Waals surface area contributed by atoms with Crippen LogP contribution in [0.5, 0.6) is 0 Å². The summed E-state index contributed by atoms with van der Waals surface area (Å²) in [4.78, 5) is 0. The van der Waals surface area contributed by atoms with Crippen molar-refractivity contribution >= 4 is 0 Å². The van der Waals surface area contributed by atoms with Gasteiger partial charge < -0.3 is 10.6 Å². The van der Waals surface area contributed by atoms with Gasteiger partial charge in [0.05, 0.1) is 0 Å². The zero-order chi connectivity index (χ0) is 10.7. The zero-order valence-corrected chi connectivity index (χ0v) is 10.2. The largest absolute Gasteiger partial charge is 0.314 e. The summed E-state index contributed by atoms with van der Waals surface area (Å²) in [5.74, 6) is 0. The third-order valence-electron chi connectivity index (χ3n) is 3.61. The normalized spacial score (nSPS) is 21.4. The molecule has 0 aromatic heterocycles. The van der Waals surface area contributed by atoms with E-state index in [1.165, 1.54) is 32.2 Å². The molecule has 2 heteroatoms. The fraction of sp³-hybridized carbons (Fsp3) is 1.00. The van der Waals surface area contributed by atoms with Gasteiger partial charge in [-0.1, -0.05) is 19.8 Å². The Morgan fingerprint density at radius 1 is 1.21 bits per heavy atom. The van der Waals surface area contributed by atoms with E-state index in [2.05, 4.69) is 31.4 Å². The lowest BCUT2D eigenvalue weighted by atomic mass is 9.88. The quantitative estimate of drug-likeness (QED) is 0.707. The van der Waals surface area contributed by atoms with Crippen molar-refractivity contribution in [2.45, 2.75) is 52.0 Å². The molecule has 84 valence electrons. The van der Waals surface area contributed by atoms with E-state index in [1.54, 1.807) is 0 Å². The van der Waals surface area contributed by atoms with Crippen LogP contribution < -0.4 is 10.6 Å². The van der Waals surface area contributed by atoms with Gasteiger partial charge in [0, 0.05) is 18.6 Å². The highest BCUT2D eigenvalue weighted by atomic mass is 15.0. The van der Waals surface area contributed by atoms with Crippen molar-refractivity contribution in [3.63, 3.8) is 0 Å². The SMILES string of the molecule is CNC(C)(C)CNCC1(C)CCCC1. The van der Waals surface area contributed by atoms with Crippen LogP contribution in [0.2, 0.25) is 0 Å². The van der Waals surface area contributed by atoms with Gasteiger partial charge in [0.25, 0.3) is 0 Å². The molecule has 1 fully saturated rings. The summed E-state index contributed by atoms with van der Waals surface area (Å²) in [6.07, 6.45) is 5.65. The van der Waals surface area contributed by atoms with E-state index in [0.717, 1.165) is 6.54 Å². The van der Waals surface area contributed by atoms with E-state index in [9.17, 15) is 0 Å². The topological polar surface area (TPSA) is 24.1 Å². The predicted octanol–water partition coefficient (Wildman–Crippen LogP) is 2.15. The van der Waals surface area contributed by atoms with Gasteiger partial charge in [0.15, 0.2) is 0 Å². The first-order valence-electron chi connectivity index (χ1n) is 5.87. The molecule has 0 saturated heterocycles. The van der Waals surface area contributed by atoms with Crippen LogP contribution in [0.4, 0.5) is 0 Å². The summed E-state index contributed by atoms with van der Waals surface area (Å²) in [6.45, 7) is 9.12. The van der Waals surface area contributed by atoms with Gasteiger partial charge in [-0.15, -0.1) is 0 Å². The monoisotopic (exact) mass is 198 g/mol. The fourth-order valence-electron chi connectivity index (χ4n) is 2.17. The summed E-state index contributed by atoms with van der Waals surface area (Å²) >= 11 is 0. The van der Waals surface area contributed by atoms with Gasteiger partial charge in [-0.05, 0) is 39.2 Å². The van der Waals surface area contributed by atoms with Crippen LogP contribution in [-0.4, -0.2) is 25.7 Å². The lowest BCUT2D eigenvalue weighted by molar-refractivity contribution is 0.292. The molecule has 1 rings (SSSR count). The molecule has 0 atom stereocenters. The van der Waals surface area contributed by atoms with Crippen LogP contribution in [0, 0.1) is 5.41 Å². The van der Waals surface area contributed by atoms with Crippen molar-refractivity contribution in [1.82, 2.24) is 10.6 Å². The molecule has 0 radical (unpaired) electrons. The van der Waals surface area contributed by atoms with Gasteiger partial charge in [-0.3, -0.25) is 0 Å². The molecule has 0 heterocycles. The molecule has 1 saturated carbocycles. The number of likely N-dealkylation sites (N-methyl/N-ethyl adjacent to an activating group) is 1. The van der Waals surface area contributed by atoms with Crippen molar-refractivity contribution in [3.8, 4) is 0 Å². The molecular formula is C12H26N2. The molecule has 0 aliphatic heterocycles. The second-order valence-electron chi connectivity index (χ2n) is 5.76. The van der Waals surface area contributed by atoms with Gasteiger partial charge in [0.2, 0.25) is 0 Å². The van der Waals surface area contributed by atoms with Crippen molar-refractivity contribution in [1.29, 1.82) is 0 Å². The average molecular weight is 198 g/mol. The second kappa shape index (κ2) is 4.63. The summed E-state index contributed by atoms with van der Waals surface area (Å²) in [5.41, 5.74) is 0.790. The molecule has 0 aromatic carbocycles. The Kier molecular flexibility index (Phi) is 3.96. The van der Waals surface area contributed by atoms with Crippen molar-refractivity contribution in [3.05, 3.63) is 0 Å². The van der Waals surface area contributed by atoms with Crippen molar-refractivity contribution < 1.29 is 0 Å². The van der Waals surface area contributed by atoms with E-state index >= 15 is 0 Å². The second-order valence-corrected chi connectivity index (χ2v) is 5.76. The first-order valence-corrected chi connectivity index (χ1v) is 5.87. The first-order chi connectivity index (χ1) is 6.47. The molecule has 0 aromatic rings. The number of hydrogen-bond donors (Lipinski definition) is 2. The molecule has 0 unspecified atom stereocenters. The summed E-state index contributed by atoms with van der Waals surface area (Å²) in [7, 11) is 2.03. The Morgan fingerprint density at radius 3 is 2.29 bits per heavy atom. The fourth-order valence-corrected chi connectivity index (χ4v) is 2.17. The third kappa shape index (κ3) is 3.58. The molecule has 2 nitrogen and oxygen atoms in total. The summed E-state index contributed by atoms with van der Waals surface area (Å²) in [5, 5.41) is 6.91. The minimum Gasteiger partial charge on any atom is -0.314 e. The smallest absolute Gasteiger partial charge is 0.0246 e. The lowest BCUT2D eigenvalue weighted by Gasteiger charge is -2.29. The Bertz CT molecular complexity index is 169. The number of rotatable bonds is 5. The number of nitrogens with one attached hydrogen (secondary N) is 2. The molecule has 14 heavy (non-hydrogen) atoms. The molecule has 0 bridgehead atoms. The van der Waals surface area contributed by atoms with Gasteiger partial charge >= 0.3 is 0 Å². The van der Waals surface area contributed by atoms with E-state index in [4.69, 9.17) is 0 Å². The highest BCUT2D eigenvalue weighted by molar-refractivity contribution is 4.85. The third-order valence-corrected chi connectivity index (χ3v) is 3.61. The maximum absolute atomic E-state index is 3.60. The Hall–Kier alpha value is -0.0800. The highest BCUT2D eigenvalue weighted by Gasteiger charge is 2.28. The van der Waals surface area contributed by atoms with Crippen LogP contribution in [0.25, 0.3) is 0 Å². The standard InChI is InChI=1S/C12H26N2/c1-11(2,13-4)9-14-10-12(3)7-5-6-8-12/h13-14H,5-10H2,1-4H3. The summed E-state index contributed by atoms with van der Waals surface area (Å²) in [6, 6.07) is 0. The van der Waals surface area contributed by atoms with Gasteiger partial charge in [-0.25, -0.2) is 0 Å².